The standard InChI is InChI=1S/C14H24N4.CHF3O3S.Fe.H2O.O/c1-16-7-8-17(2)10-12-18(11-9-16)13-14-5-3-4-6-15-14;2-1(3,4)8(5,6)7;;;/h3-6H,7-13H2,1-2H3;(H,5,6,7);;1H2;/q;;+5;;-2/p-2. The van der Waals surface area contributed by atoms with E-state index in [0.717, 1.165) is 45.8 Å². The van der Waals surface area contributed by atoms with Gasteiger partial charge < -0.3 is 25.3 Å². The predicted octanol–water partition coefficient (Wildman–Crippen LogP) is 0.514. The van der Waals surface area contributed by atoms with Crippen molar-refractivity contribution >= 4 is 10.1 Å². The van der Waals surface area contributed by atoms with Gasteiger partial charge >= 0.3 is 22.6 Å². The molecule has 1 aromatic heterocycles. The van der Waals surface area contributed by atoms with E-state index in [-0.39, 0.29) is 28.0 Å². The first kappa shape index (κ1) is 32.8. The van der Waals surface area contributed by atoms with Crippen molar-refractivity contribution in [2.24, 2.45) is 0 Å². The van der Waals surface area contributed by atoms with E-state index < -0.39 is 15.6 Å². The van der Waals surface area contributed by atoms with Gasteiger partial charge in [0.1, 0.15) is 0 Å². The quantitative estimate of drug-likeness (QED) is 0.335. The summed E-state index contributed by atoms with van der Waals surface area (Å²) in [5.74, 6) is 0. The number of halogens is 3. The van der Waals surface area contributed by atoms with Gasteiger partial charge in [-0.25, -0.2) is 8.42 Å². The molecule has 2 heterocycles. The van der Waals surface area contributed by atoms with E-state index in [0.29, 0.717) is 0 Å². The molecule has 1 radical (unpaired) electrons. The van der Waals surface area contributed by atoms with Crippen LogP contribution in [0.3, 0.4) is 0 Å². The van der Waals surface area contributed by atoms with Crippen molar-refractivity contribution < 1.29 is 54.2 Å². The molecule has 1 aromatic rings. The van der Waals surface area contributed by atoms with Crippen LogP contribution in [-0.4, -0.2) is 97.0 Å². The number of hydrogen-bond acceptors (Lipinski definition) is 8. The van der Waals surface area contributed by atoms with Crippen LogP contribution < -0.4 is 0 Å². The first-order chi connectivity index (χ1) is 12.0. The van der Waals surface area contributed by atoms with Crippen LogP contribution in [-0.2, 0) is 39.2 Å². The SMILES string of the molecule is CN1CCN(C)CCN(Cc2ccccn2)CC1.O=S(=O)([O-])C(F)(F)F.[Fe+5].[O-2].[OH-]. The maximum atomic E-state index is 10.7. The van der Waals surface area contributed by atoms with Crippen LogP contribution in [0.5, 0.6) is 0 Å². The molecule has 1 N–H and O–H groups in total. The Kier molecular flexibility index (Phi) is 17.0. The Bertz CT molecular complexity index is 627. The topological polar surface area (TPSA) is 138 Å². The normalized spacial score (nSPS) is 17.0. The molecule has 0 saturated carbocycles. The van der Waals surface area contributed by atoms with Crippen molar-refractivity contribution in [1.82, 2.24) is 19.7 Å². The zero-order chi connectivity index (χ0) is 19.8. The van der Waals surface area contributed by atoms with Gasteiger partial charge in [-0.15, -0.1) is 0 Å². The second-order valence-corrected chi connectivity index (χ2v) is 7.47. The van der Waals surface area contributed by atoms with E-state index in [1.54, 1.807) is 0 Å². The third-order valence-electron chi connectivity index (χ3n) is 3.85. The molecule has 1 aliphatic rings. The fourth-order valence-corrected chi connectivity index (χ4v) is 2.18. The van der Waals surface area contributed by atoms with E-state index in [4.69, 9.17) is 13.0 Å². The van der Waals surface area contributed by atoms with E-state index >= 15 is 0 Å². The molecule has 1 fully saturated rings. The van der Waals surface area contributed by atoms with Gasteiger partial charge in [0.25, 0.3) is 0 Å². The minimum absolute atomic E-state index is 0. The number of rotatable bonds is 2. The molecule has 9 nitrogen and oxygen atoms in total. The summed E-state index contributed by atoms with van der Waals surface area (Å²) in [5.41, 5.74) is -4.48. The van der Waals surface area contributed by atoms with Crippen LogP contribution in [0.2, 0.25) is 0 Å². The summed E-state index contributed by atoms with van der Waals surface area (Å²) in [5, 5.41) is 0. The van der Waals surface area contributed by atoms with E-state index in [9.17, 15) is 13.2 Å². The molecule has 14 heteroatoms. The van der Waals surface area contributed by atoms with Gasteiger partial charge in [-0.3, -0.25) is 9.88 Å². The largest absolute Gasteiger partial charge is 5.00 e. The minimum atomic E-state index is -6.09. The maximum absolute atomic E-state index is 10.7. The fourth-order valence-electron chi connectivity index (χ4n) is 2.18. The molecule has 0 unspecified atom stereocenters. The molecule has 0 aromatic carbocycles. The number of alkyl halides is 3. The third kappa shape index (κ3) is 13.9. The van der Waals surface area contributed by atoms with Crippen molar-refractivity contribution in [2.45, 2.75) is 12.1 Å². The predicted molar refractivity (Wildman–Crippen MR) is 92.9 cm³/mol. The summed E-state index contributed by atoms with van der Waals surface area (Å²) in [4.78, 5) is 11.7. The zero-order valence-electron chi connectivity index (χ0n) is 16.0. The number of aromatic nitrogens is 1. The van der Waals surface area contributed by atoms with Gasteiger partial charge in [0.15, 0.2) is 10.1 Å². The zero-order valence-corrected chi connectivity index (χ0v) is 17.9. The number of pyridine rings is 1. The van der Waals surface area contributed by atoms with Gasteiger partial charge in [-0.1, -0.05) is 6.07 Å². The van der Waals surface area contributed by atoms with Gasteiger partial charge in [0, 0.05) is 52.0 Å². The molecule has 1 saturated heterocycles. The van der Waals surface area contributed by atoms with Crippen molar-refractivity contribution in [3.63, 3.8) is 0 Å². The Morgan fingerprint density at radius 3 is 1.79 bits per heavy atom. The number of nitrogens with zero attached hydrogens (tertiary/aromatic N) is 4. The van der Waals surface area contributed by atoms with Gasteiger partial charge in [-0.05, 0) is 26.2 Å². The van der Waals surface area contributed by atoms with Gasteiger partial charge in [0.05, 0.1) is 5.69 Å². The van der Waals surface area contributed by atoms with Gasteiger partial charge in [0.2, 0.25) is 0 Å². The molecule has 169 valence electrons. The van der Waals surface area contributed by atoms with Crippen LogP contribution in [0.25, 0.3) is 0 Å². The Labute approximate surface area is 179 Å². The fraction of sp³-hybridized carbons (Fsp3) is 0.667. The second kappa shape index (κ2) is 15.0. The van der Waals surface area contributed by atoms with E-state index in [1.165, 1.54) is 5.69 Å². The van der Waals surface area contributed by atoms with Crippen molar-refractivity contribution in [3.05, 3.63) is 30.1 Å². The Morgan fingerprint density at radius 1 is 1.03 bits per heavy atom. The molecule has 1 aliphatic heterocycles. The molecule has 0 atom stereocenters. The monoisotopic (exact) mass is 486 g/mol. The third-order valence-corrected chi connectivity index (χ3v) is 4.42. The summed E-state index contributed by atoms with van der Waals surface area (Å²) >= 11 is 0. The van der Waals surface area contributed by atoms with E-state index in [1.807, 2.05) is 12.3 Å². The smallest absolute Gasteiger partial charge is 2.00 e. The summed E-state index contributed by atoms with van der Waals surface area (Å²) in [6.07, 6.45) is 1.88. The van der Waals surface area contributed by atoms with Crippen LogP contribution in [0.15, 0.2) is 24.4 Å². The summed E-state index contributed by atoms with van der Waals surface area (Å²) in [7, 11) is -1.68. The van der Waals surface area contributed by atoms with Crippen molar-refractivity contribution in [3.8, 4) is 0 Å². The van der Waals surface area contributed by atoms with E-state index in [2.05, 4.69) is 45.9 Å². The minimum Gasteiger partial charge on any atom is -2.00 e. The summed E-state index contributed by atoms with van der Waals surface area (Å²) in [6.45, 7) is 7.81. The first-order valence-electron chi connectivity index (χ1n) is 8.00. The molecule has 29 heavy (non-hydrogen) atoms. The molecular weight excluding hydrogens is 461 g/mol. The second-order valence-electron chi connectivity index (χ2n) is 6.10. The Hall–Kier alpha value is -0.831. The molecule has 0 spiro atoms. The average Bonchev–Trinajstić information content (AvgIpc) is 2.61. The van der Waals surface area contributed by atoms with Crippen molar-refractivity contribution in [2.75, 3.05) is 53.4 Å². The summed E-state index contributed by atoms with van der Waals surface area (Å²) in [6, 6.07) is 6.15. The van der Waals surface area contributed by atoms with Crippen molar-refractivity contribution in [1.29, 1.82) is 0 Å². The summed E-state index contributed by atoms with van der Waals surface area (Å²) < 4.78 is 58.9. The van der Waals surface area contributed by atoms with Crippen LogP contribution >= 0.6 is 0 Å². The Balaban J connectivity index is -0.000000536. The van der Waals surface area contributed by atoms with Crippen LogP contribution in [0.4, 0.5) is 13.2 Å². The molecule has 0 amide bonds. The van der Waals surface area contributed by atoms with Crippen LogP contribution in [0.1, 0.15) is 5.69 Å². The van der Waals surface area contributed by atoms with Crippen LogP contribution in [0, 0.1) is 0 Å². The molecule has 2 rings (SSSR count). The number of likely N-dealkylation sites (N-methyl/N-ethyl adjacent to an activating group) is 2. The van der Waals surface area contributed by atoms with Gasteiger partial charge in [-0.2, -0.15) is 13.2 Å². The maximum Gasteiger partial charge on any atom is 5.00 e. The molecule has 0 aliphatic carbocycles. The Morgan fingerprint density at radius 2 is 1.45 bits per heavy atom. The molecule has 0 bridgehead atoms. The number of hydrogen-bond donors (Lipinski definition) is 0. The average molecular weight is 486 g/mol. The first-order valence-corrected chi connectivity index (χ1v) is 9.41. The molecular formula is C15H25F3FeN4O5S+.